The highest BCUT2D eigenvalue weighted by molar-refractivity contribution is 7.15. The van der Waals surface area contributed by atoms with Crippen LogP contribution in [0.5, 0.6) is 0 Å². The number of hydrogen-bond donors (Lipinski definition) is 1. The predicted molar refractivity (Wildman–Crippen MR) is 98.9 cm³/mol. The molecule has 3 aromatic heterocycles. The first kappa shape index (κ1) is 17.4. The standard InChI is InChI=1S/C17H21N5O2S/c1-4-21(7-8-24-3)17(23)12-9-13(18)16-19-15(20-22(16)10-12)14-6-5-11(2)25-14/h5-6,9-10H,4,7-8,18H2,1-3H3. The van der Waals surface area contributed by atoms with Crippen LogP contribution in [0.4, 0.5) is 5.69 Å². The zero-order valence-corrected chi connectivity index (χ0v) is 15.3. The summed E-state index contributed by atoms with van der Waals surface area (Å²) in [5.41, 5.74) is 7.59. The van der Waals surface area contributed by atoms with Crippen LogP contribution in [0.3, 0.4) is 0 Å². The normalized spacial score (nSPS) is 11.2. The minimum Gasteiger partial charge on any atom is -0.396 e. The minimum absolute atomic E-state index is 0.0998. The molecule has 8 heteroatoms. The molecule has 2 N–H and O–H groups in total. The first-order valence-corrected chi connectivity index (χ1v) is 8.86. The number of nitrogens with zero attached hydrogens (tertiary/aromatic N) is 4. The molecular formula is C17H21N5O2S. The van der Waals surface area contributed by atoms with Crippen LogP contribution < -0.4 is 5.73 Å². The summed E-state index contributed by atoms with van der Waals surface area (Å²) in [4.78, 5) is 21.1. The van der Waals surface area contributed by atoms with Crippen molar-refractivity contribution < 1.29 is 9.53 Å². The number of likely N-dealkylation sites (N-methyl/N-ethyl adjacent to an activating group) is 1. The molecule has 1 amide bonds. The summed E-state index contributed by atoms with van der Waals surface area (Å²) in [5.74, 6) is 0.512. The number of methoxy groups -OCH3 is 1. The highest BCUT2D eigenvalue weighted by atomic mass is 32.1. The first-order chi connectivity index (χ1) is 12.0. The molecule has 0 aromatic carbocycles. The van der Waals surface area contributed by atoms with Gasteiger partial charge in [0.05, 0.1) is 22.7 Å². The van der Waals surface area contributed by atoms with Gasteiger partial charge < -0.3 is 15.4 Å². The average Bonchev–Trinajstić information content (AvgIpc) is 3.21. The number of fused-ring (bicyclic) bond motifs is 1. The number of ether oxygens (including phenoxy) is 1. The number of carbonyl (C=O) groups is 1. The molecule has 0 aliphatic carbocycles. The van der Waals surface area contributed by atoms with E-state index in [1.807, 2.05) is 26.0 Å². The molecule has 25 heavy (non-hydrogen) atoms. The van der Waals surface area contributed by atoms with Gasteiger partial charge in [-0.1, -0.05) is 0 Å². The number of pyridine rings is 1. The fourth-order valence-corrected chi connectivity index (χ4v) is 3.37. The van der Waals surface area contributed by atoms with E-state index < -0.39 is 0 Å². The van der Waals surface area contributed by atoms with Gasteiger partial charge in [-0.05, 0) is 32.0 Å². The van der Waals surface area contributed by atoms with E-state index in [4.69, 9.17) is 10.5 Å². The van der Waals surface area contributed by atoms with Crippen LogP contribution in [0, 0.1) is 6.92 Å². The van der Waals surface area contributed by atoms with E-state index in [2.05, 4.69) is 10.1 Å². The lowest BCUT2D eigenvalue weighted by Crippen LogP contribution is -2.33. The molecular weight excluding hydrogens is 338 g/mol. The molecule has 0 atom stereocenters. The van der Waals surface area contributed by atoms with E-state index in [1.165, 1.54) is 4.88 Å². The Morgan fingerprint density at radius 1 is 1.44 bits per heavy atom. The SMILES string of the molecule is CCN(CCOC)C(=O)c1cc(N)c2nc(-c3ccc(C)s3)nn2c1. The number of nitrogen functional groups attached to an aromatic ring is 1. The molecule has 0 saturated carbocycles. The van der Waals surface area contributed by atoms with Gasteiger partial charge in [0.1, 0.15) is 0 Å². The number of amides is 1. The van der Waals surface area contributed by atoms with Gasteiger partial charge in [0.25, 0.3) is 5.91 Å². The van der Waals surface area contributed by atoms with Gasteiger partial charge in [0, 0.05) is 31.3 Å². The molecule has 0 aliphatic rings. The Bertz CT molecular complexity index is 902. The zero-order valence-electron chi connectivity index (χ0n) is 14.5. The Balaban J connectivity index is 1.96. The third-order valence-electron chi connectivity index (χ3n) is 3.90. The second kappa shape index (κ2) is 7.20. The Morgan fingerprint density at radius 2 is 2.24 bits per heavy atom. The Morgan fingerprint density at radius 3 is 2.88 bits per heavy atom. The molecule has 3 heterocycles. The van der Waals surface area contributed by atoms with Crippen molar-refractivity contribution >= 4 is 28.6 Å². The van der Waals surface area contributed by atoms with Crippen molar-refractivity contribution in [2.45, 2.75) is 13.8 Å². The van der Waals surface area contributed by atoms with Crippen LogP contribution in [-0.4, -0.2) is 52.2 Å². The van der Waals surface area contributed by atoms with Crippen LogP contribution in [-0.2, 0) is 4.74 Å². The van der Waals surface area contributed by atoms with Crippen molar-refractivity contribution in [1.29, 1.82) is 0 Å². The summed E-state index contributed by atoms with van der Waals surface area (Å²) >= 11 is 1.62. The molecule has 0 saturated heterocycles. The number of anilines is 1. The van der Waals surface area contributed by atoms with E-state index in [0.717, 1.165) is 4.88 Å². The Labute approximate surface area is 150 Å². The van der Waals surface area contributed by atoms with Crippen molar-refractivity contribution in [2.24, 2.45) is 0 Å². The van der Waals surface area contributed by atoms with Crippen molar-refractivity contribution in [3.05, 3.63) is 34.8 Å². The van der Waals surface area contributed by atoms with E-state index in [0.29, 0.717) is 42.4 Å². The van der Waals surface area contributed by atoms with Crippen LogP contribution in [0.25, 0.3) is 16.3 Å². The average molecular weight is 359 g/mol. The monoisotopic (exact) mass is 359 g/mol. The summed E-state index contributed by atoms with van der Waals surface area (Å²) in [7, 11) is 1.62. The molecule has 7 nitrogen and oxygen atoms in total. The number of thiophene rings is 1. The number of carbonyl (C=O) groups excluding carboxylic acids is 1. The van der Waals surface area contributed by atoms with E-state index in [-0.39, 0.29) is 5.91 Å². The molecule has 0 aliphatic heterocycles. The largest absolute Gasteiger partial charge is 0.396 e. The highest BCUT2D eigenvalue weighted by Crippen LogP contribution is 2.26. The molecule has 3 rings (SSSR count). The van der Waals surface area contributed by atoms with E-state index in [9.17, 15) is 4.79 Å². The van der Waals surface area contributed by atoms with Gasteiger partial charge >= 0.3 is 0 Å². The molecule has 3 aromatic rings. The first-order valence-electron chi connectivity index (χ1n) is 8.04. The quantitative estimate of drug-likeness (QED) is 0.731. The van der Waals surface area contributed by atoms with Gasteiger partial charge in [-0.25, -0.2) is 9.50 Å². The third-order valence-corrected chi connectivity index (χ3v) is 4.90. The smallest absolute Gasteiger partial charge is 0.255 e. The predicted octanol–water partition coefficient (Wildman–Crippen LogP) is 2.46. The van der Waals surface area contributed by atoms with Gasteiger partial charge in [-0.2, -0.15) is 0 Å². The van der Waals surface area contributed by atoms with Crippen molar-refractivity contribution in [2.75, 3.05) is 32.5 Å². The van der Waals surface area contributed by atoms with Crippen molar-refractivity contribution in [3.8, 4) is 10.7 Å². The second-order valence-electron chi connectivity index (χ2n) is 5.68. The zero-order chi connectivity index (χ0) is 18.0. The molecule has 0 radical (unpaired) electrons. The highest BCUT2D eigenvalue weighted by Gasteiger charge is 2.18. The van der Waals surface area contributed by atoms with Gasteiger partial charge in [-0.3, -0.25) is 4.79 Å². The van der Waals surface area contributed by atoms with E-state index >= 15 is 0 Å². The Hall–Kier alpha value is -2.45. The van der Waals surface area contributed by atoms with Crippen LogP contribution in [0.15, 0.2) is 24.4 Å². The summed E-state index contributed by atoms with van der Waals surface area (Å²) in [6, 6.07) is 5.67. The second-order valence-corrected chi connectivity index (χ2v) is 6.96. The molecule has 0 fully saturated rings. The fourth-order valence-electron chi connectivity index (χ4n) is 2.57. The maximum atomic E-state index is 12.7. The number of nitrogens with two attached hydrogens (primary N) is 1. The summed E-state index contributed by atoms with van der Waals surface area (Å²) in [6.45, 7) is 5.58. The Kier molecular flexibility index (Phi) is 5.00. The van der Waals surface area contributed by atoms with Crippen molar-refractivity contribution in [1.82, 2.24) is 19.5 Å². The minimum atomic E-state index is -0.0998. The van der Waals surface area contributed by atoms with E-state index in [1.54, 1.807) is 40.1 Å². The molecule has 0 spiro atoms. The van der Waals surface area contributed by atoms with Crippen LogP contribution >= 0.6 is 11.3 Å². The molecule has 132 valence electrons. The number of hydrogen-bond acceptors (Lipinski definition) is 6. The van der Waals surface area contributed by atoms with Gasteiger partial charge in [0.15, 0.2) is 11.5 Å². The maximum Gasteiger partial charge on any atom is 0.255 e. The lowest BCUT2D eigenvalue weighted by atomic mass is 10.2. The van der Waals surface area contributed by atoms with Gasteiger partial charge in [-0.15, -0.1) is 16.4 Å². The fraction of sp³-hybridized carbons (Fsp3) is 0.353. The number of aromatic nitrogens is 3. The number of aryl methyl sites for hydroxylation is 1. The summed E-state index contributed by atoms with van der Waals surface area (Å²) < 4.78 is 6.64. The number of rotatable bonds is 6. The lowest BCUT2D eigenvalue weighted by Gasteiger charge is -2.20. The van der Waals surface area contributed by atoms with Crippen LogP contribution in [0.2, 0.25) is 0 Å². The molecule has 0 bridgehead atoms. The topological polar surface area (TPSA) is 85.8 Å². The lowest BCUT2D eigenvalue weighted by molar-refractivity contribution is 0.0706. The molecule has 0 unspecified atom stereocenters. The van der Waals surface area contributed by atoms with Crippen LogP contribution in [0.1, 0.15) is 22.2 Å². The summed E-state index contributed by atoms with van der Waals surface area (Å²) in [5, 5.41) is 4.49. The van der Waals surface area contributed by atoms with Gasteiger partial charge in [0.2, 0.25) is 0 Å². The third kappa shape index (κ3) is 3.49. The summed E-state index contributed by atoms with van der Waals surface area (Å²) in [6.07, 6.45) is 1.68. The van der Waals surface area contributed by atoms with Crippen molar-refractivity contribution in [3.63, 3.8) is 0 Å². The maximum absolute atomic E-state index is 12.7.